The molecule has 1 unspecified atom stereocenters. The predicted molar refractivity (Wildman–Crippen MR) is 84.7 cm³/mol. The third-order valence-corrected chi connectivity index (χ3v) is 4.45. The van der Waals surface area contributed by atoms with Crippen molar-refractivity contribution >= 4 is 44.6 Å². The number of nitrogen functional groups attached to an aromatic ring is 1. The third kappa shape index (κ3) is 3.23. The molecule has 0 aliphatic carbocycles. The Balaban J connectivity index is 2.20. The van der Waals surface area contributed by atoms with Gasteiger partial charge in [-0.3, -0.25) is 4.79 Å². The van der Waals surface area contributed by atoms with E-state index < -0.39 is 0 Å². The highest BCUT2D eigenvalue weighted by Gasteiger charge is 2.18. The van der Waals surface area contributed by atoms with Crippen molar-refractivity contribution in [1.82, 2.24) is 5.32 Å². The fourth-order valence-corrected chi connectivity index (χ4v) is 3.09. The van der Waals surface area contributed by atoms with Crippen molar-refractivity contribution < 1.29 is 9.53 Å². The molecular weight excluding hydrogens is 296 g/mol. The van der Waals surface area contributed by atoms with Crippen LogP contribution in [0.25, 0.3) is 10.1 Å². The number of carbonyl (C=O) groups excluding carboxylic acids is 1. The summed E-state index contributed by atoms with van der Waals surface area (Å²) >= 11 is 7.34. The normalized spacial score (nSPS) is 12.6. The van der Waals surface area contributed by atoms with Gasteiger partial charge < -0.3 is 15.8 Å². The van der Waals surface area contributed by atoms with E-state index >= 15 is 0 Å². The molecule has 0 spiro atoms. The van der Waals surface area contributed by atoms with Crippen LogP contribution in [0.2, 0.25) is 5.02 Å². The molecule has 6 heteroatoms. The number of nitrogens with two attached hydrogens (primary N) is 1. The molecule has 2 rings (SSSR count). The summed E-state index contributed by atoms with van der Waals surface area (Å²) in [5, 5.41) is 4.37. The van der Waals surface area contributed by atoms with E-state index in [4.69, 9.17) is 22.1 Å². The number of hydrogen-bond donors (Lipinski definition) is 2. The first kappa shape index (κ1) is 15.1. The molecule has 0 saturated carbocycles. The van der Waals surface area contributed by atoms with E-state index in [9.17, 15) is 4.79 Å². The number of rotatable bonds is 5. The molecule has 0 aliphatic heterocycles. The summed E-state index contributed by atoms with van der Waals surface area (Å²) in [7, 11) is 1.64. The van der Waals surface area contributed by atoms with E-state index in [0.29, 0.717) is 22.2 Å². The van der Waals surface area contributed by atoms with E-state index in [0.717, 1.165) is 16.5 Å². The Hall–Kier alpha value is -1.30. The van der Waals surface area contributed by atoms with Crippen LogP contribution in [0.5, 0.6) is 0 Å². The van der Waals surface area contributed by atoms with Crippen LogP contribution in [0, 0.1) is 0 Å². The molecule has 1 amide bonds. The Labute approximate surface area is 126 Å². The maximum Gasteiger partial charge on any atom is 0.263 e. The highest BCUT2D eigenvalue weighted by atomic mass is 35.5. The summed E-state index contributed by atoms with van der Waals surface area (Å²) in [5.74, 6) is -0.150. The van der Waals surface area contributed by atoms with E-state index in [1.54, 1.807) is 19.2 Å². The Morgan fingerprint density at radius 2 is 2.30 bits per heavy atom. The van der Waals surface area contributed by atoms with Crippen molar-refractivity contribution in [2.45, 2.75) is 19.4 Å². The summed E-state index contributed by atoms with van der Waals surface area (Å²) in [6.07, 6.45) is 0.763. The first-order chi connectivity index (χ1) is 9.52. The number of nitrogens with one attached hydrogen (secondary N) is 1. The molecular formula is C14H17ClN2O2S. The van der Waals surface area contributed by atoms with Gasteiger partial charge in [0.15, 0.2) is 0 Å². The quantitative estimate of drug-likeness (QED) is 0.890. The molecule has 0 radical (unpaired) electrons. The molecule has 0 saturated heterocycles. The van der Waals surface area contributed by atoms with Crippen molar-refractivity contribution in [3.8, 4) is 0 Å². The number of ether oxygens (including phenoxy) is 1. The van der Waals surface area contributed by atoms with Crippen molar-refractivity contribution in [2.75, 3.05) is 19.5 Å². The van der Waals surface area contributed by atoms with Crippen LogP contribution in [0.3, 0.4) is 0 Å². The Kier molecular flexibility index (Phi) is 4.86. The fraction of sp³-hybridized carbons (Fsp3) is 0.357. The van der Waals surface area contributed by atoms with Gasteiger partial charge in [0.1, 0.15) is 4.88 Å². The molecule has 0 aliphatic rings. The lowest BCUT2D eigenvalue weighted by atomic mass is 10.2. The number of amides is 1. The molecule has 108 valence electrons. The molecule has 3 N–H and O–H groups in total. The second kappa shape index (κ2) is 6.43. The van der Waals surface area contributed by atoms with Gasteiger partial charge in [-0.05, 0) is 31.5 Å². The molecule has 1 heterocycles. The predicted octanol–water partition coefficient (Wildman–Crippen LogP) is 3.29. The molecule has 1 aromatic carbocycles. The minimum absolute atomic E-state index is 0.0376. The van der Waals surface area contributed by atoms with Crippen molar-refractivity contribution in [1.29, 1.82) is 0 Å². The van der Waals surface area contributed by atoms with Gasteiger partial charge >= 0.3 is 0 Å². The molecule has 0 bridgehead atoms. The highest BCUT2D eigenvalue weighted by Crippen LogP contribution is 2.35. The fourth-order valence-electron chi connectivity index (χ4n) is 1.91. The average Bonchev–Trinajstić information content (AvgIpc) is 2.74. The molecule has 4 nitrogen and oxygen atoms in total. The molecule has 20 heavy (non-hydrogen) atoms. The molecule has 2 aromatic rings. The van der Waals surface area contributed by atoms with E-state index in [1.165, 1.54) is 11.3 Å². The van der Waals surface area contributed by atoms with Crippen LogP contribution < -0.4 is 11.1 Å². The third-order valence-electron chi connectivity index (χ3n) is 3.03. The summed E-state index contributed by atoms with van der Waals surface area (Å²) < 4.78 is 5.96. The number of anilines is 1. The van der Waals surface area contributed by atoms with Crippen molar-refractivity contribution in [2.24, 2.45) is 0 Å². The lowest BCUT2D eigenvalue weighted by Crippen LogP contribution is -2.33. The van der Waals surface area contributed by atoms with Gasteiger partial charge in [0.2, 0.25) is 0 Å². The van der Waals surface area contributed by atoms with Gasteiger partial charge in [-0.15, -0.1) is 11.3 Å². The average molecular weight is 313 g/mol. The SMILES string of the molecule is COCCC(C)NC(=O)c1sc2ccc(Cl)cc2c1N. The standard InChI is InChI=1S/C14H17ClN2O2S/c1-8(5-6-19-2)17-14(18)13-12(16)10-7-9(15)3-4-11(10)20-13/h3-4,7-8H,5-6,16H2,1-2H3,(H,17,18). The zero-order chi connectivity index (χ0) is 14.7. The van der Waals surface area contributed by atoms with Crippen LogP contribution >= 0.6 is 22.9 Å². The monoisotopic (exact) mass is 312 g/mol. The largest absolute Gasteiger partial charge is 0.397 e. The second-order valence-corrected chi connectivity index (χ2v) is 6.13. The second-order valence-electron chi connectivity index (χ2n) is 4.64. The van der Waals surface area contributed by atoms with Crippen LogP contribution in [0.1, 0.15) is 23.0 Å². The first-order valence-electron chi connectivity index (χ1n) is 6.30. The smallest absolute Gasteiger partial charge is 0.263 e. The van der Waals surface area contributed by atoms with E-state index in [2.05, 4.69) is 5.32 Å². The van der Waals surface area contributed by atoms with E-state index in [-0.39, 0.29) is 11.9 Å². The van der Waals surface area contributed by atoms with Crippen LogP contribution in [0.15, 0.2) is 18.2 Å². The van der Waals surface area contributed by atoms with Gasteiger partial charge in [-0.2, -0.15) is 0 Å². The van der Waals surface area contributed by atoms with Crippen molar-refractivity contribution in [3.05, 3.63) is 28.1 Å². The van der Waals surface area contributed by atoms with Gasteiger partial charge in [-0.1, -0.05) is 11.6 Å². The number of halogens is 1. The maximum absolute atomic E-state index is 12.2. The summed E-state index contributed by atoms with van der Waals surface area (Å²) in [6.45, 7) is 2.55. The zero-order valence-electron chi connectivity index (χ0n) is 11.4. The van der Waals surface area contributed by atoms with Gasteiger partial charge in [0.05, 0.1) is 5.69 Å². The number of carbonyl (C=O) groups is 1. The summed E-state index contributed by atoms with van der Waals surface area (Å²) in [4.78, 5) is 12.8. The Morgan fingerprint density at radius 3 is 3.00 bits per heavy atom. The minimum Gasteiger partial charge on any atom is -0.397 e. The lowest BCUT2D eigenvalue weighted by Gasteiger charge is -2.12. The number of benzene rings is 1. The van der Waals surface area contributed by atoms with Gasteiger partial charge in [-0.25, -0.2) is 0 Å². The Bertz CT molecular complexity index is 627. The lowest BCUT2D eigenvalue weighted by molar-refractivity contribution is 0.0934. The highest BCUT2D eigenvalue weighted by molar-refractivity contribution is 7.21. The van der Waals surface area contributed by atoms with Crippen molar-refractivity contribution in [3.63, 3.8) is 0 Å². The summed E-state index contributed by atoms with van der Waals surface area (Å²) in [6, 6.07) is 5.50. The topological polar surface area (TPSA) is 64.3 Å². The van der Waals surface area contributed by atoms with Gasteiger partial charge in [0.25, 0.3) is 5.91 Å². The zero-order valence-corrected chi connectivity index (χ0v) is 13.0. The minimum atomic E-state index is -0.150. The number of methoxy groups -OCH3 is 1. The number of fused-ring (bicyclic) bond motifs is 1. The first-order valence-corrected chi connectivity index (χ1v) is 7.49. The molecule has 0 fully saturated rings. The maximum atomic E-state index is 12.2. The number of hydrogen-bond acceptors (Lipinski definition) is 4. The van der Waals surface area contributed by atoms with Crippen LogP contribution in [0.4, 0.5) is 5.69 Å². The molecule has 1 atom stereocenters. The van der Waals surface area contributed by atoms with E-state index in [1.807, 2.05) is 13.0 Å². The summed E-state index contributed by atoms with van der Waals surface area (Å²) in [5.41, 5.74) is 6.54. The van der Waals surface area contributed by atoms with Crippen LogP contribution in [-0.2, 0) is 4.74 Å². The van der Waals surface area contributed by atoms with Crippen LogP contribution in [-0.4, -0.2) is 25.7 Å². The number of thiophene rings is 1. The van der Waals surface area contributed by atoms with Gasteiger partial charge in [0, 0.05) is 34.9 Å². The molecule has 1 aromatic heterocycles. The Morgan fingerprint density at radius 1 is 1.55 bits per heavy atom.